The topological polar surface area (TPSA) is 44.8 Å². The van der Waals surface area contributed by atoms with Gasteiger partial charge in [-0.3, -0.25) is 0 Å². The Kier molecular flexibility index (Phi) is 4.71. The van der Waals surface area contributed by atoms with Crippen molar-refractivity contribution < 1.29 is 23.2 Å². The van der Waals surface area contributed by atoms with E-state index in [9.17, 15) is 9.18 Å². The van der Waals surface area contributed by atoms with Gasteiger partial charge in [0.15, 0.2) is 0 Å². The molecule has 0 spiro atoms. The van der Waals surface area contributed by atoms with Crippen LogP contribution in [0.4, 0.5) is 4.39 Å². The van der Waals surface area contributed by atoms with E-state index < -0.39 is 30.1 Å². The highest BCUT2D eigenvalue weighted by Gasteiger charge is 2.53. The second-order valence-corrected chi connectivity index (χ2v) is 6.77. The molecule has 1 fully saturated rings. The zero-order valence-corrected chi connectivity index (χ0v) is 14.9. The molecule has 0 bridgehead atoms. The van der Waals surface area contributed by atoms with Crippen LogP contribution in [-0.2, 0) is 19.4 Å². The average molecular weight is 373 g/mol. The molecule has 1 heterocycles. The van der Waals surface area contributed by atoms with Gasteiger partial charge in [-0.1, -0.05) is 22.0 Å². The van der Waals surface area contributed by atoms with E-state index in [0.717, 1.165) is 0 Å². The lowest BCUT2D eigenvalue weighted by Crippen LogP contribution is -2.41. The van der Waals surface area contributed by atoms with Gasteiger partial charge in [-0.05, 0) is 39.3 Å². The molecule has 0 aliphatic carbocycles. The Morgan fingerprint density at radius 3 is 2.27 bits per heavy atom. The maximum Gasteiger partial charge on any atom is 0.498 e. The molecular weight excluding hydrogens is 354 g/mol. The summed E-state index contributed by atoms with van der Waals surface area (Å²) in [5.41, 5.74) is -0.400. The third kappa shape index (κ3) is 2.82. The molecule has 120 valence electrons. The molecule has 1 aromatic rings. The number of hydrogen-bond donors (Lipinski definition) is 0. The van der Waals surface area contributed by atoms with Crippen molar-refractivity contribution in [1.82, 2.24) is 0 Å². The van der Waals surface area contributed by atoms with Crippen molar-refractivity contribution in [1.29, 1.82) is 0 Å². The Morgan fingerprint density at radius 2 is 1.82 bits per heavy atom. The van der Waals surface area contributed by atoms with Gasteiger partial charge in [-0.2, -0.15) is 0 Å². The third-order valence-electron chi connectivity index (χ3n) is 4.31. The molecule has 22 heavy (non-hydrogen) atoms. The number of carbonyl (C=O) groups excluding carboxylic acids is 1. The Labute approximate surface area is 138 Å². The number of esters is 1. The summed E-state index contributed by atoms with van der Waals surface area (Å²) in [6.45, 7) is 7.57. The maximum atomic E-state index is 14.8. The summed E-state index contributed by atoms with van der Waals surface area (Å²) in [5.74, 6) is -1.39. The summed E-state index contributed by atoms with van der Waals surface area (Å²) in [7, 11) is 0.344. The van der Waals surface area contributed by atoms with Gasteiger partial charge in [-0.25, -0.2) is 9.18 Å². The second-order valence-electron chi connectivity index (χ2n) is 6.21. The van der Waals surface area contributed by atoms with Crippen molar-refractivity contribution in [3.63, 3.8) is 0 Å². The zero-order valence-electron chi connectivity index (χ0n) is 13.3. The lowest BCUT2D eigenvalue weighted by molar-refractivity contribution is 0.00578. The van der Waals surface area contributed by atoms with Crippen molar-refractivity contribution in [2.24, 2.45) is 0 Å². The fourth-order valence-corrected chi connectivity index (χ4v) is 2.72. The normalized spacial score (nSPS) is 19.3. The van der Waals surface area contributed by atoms with Crippen LogP contribution in [0.3, 0.4) is 0 Å². The molecule has 0 aromatic heterocycles. The first kappa shape index (κ1) is 17.4. The lowest BCUT2D eigenvalue weighted by Gasteiger charge is -2.32. The first-order valence-corrected chi connectivity index (χ1v) is 8.08. The van der Waals surface area contributed by atoms with E-state index in [1.54, 1.807) is 6.07 Å². The fraction of sp³-hybridized carbons (Fsp3) is 0.533. The van der Waals surface area contributed by atoms with Crippen LogP contribution in [0.5, 0.6) is 0 Å². The number of halogens is 2. The number of ether oxygens (including phenoxy) is 1. The largest absolute Gasteiger partial charge is 0.498 e. The molecule has 1 saturated heterocycles. The molecule has 4 nitrogen and oxygen atoms in total. The number of alkyl halides is 1. The van der Waals surface area contributed by atoms with Crippen molar-refractivity contribution in [2.45, 2.75) is 44.2 Å². The minimum absolute atomic E-state index is 0.128. The molecule has 7 heteroatoms. The molecule has 0 radical (unpaired) electrons. The van der Waals surface area contributed by atoms with Crippen LogP contribution in [0.25, 0.3) is 0 Å². The van der Waals surface area contributed by atoms with Crippen LogP contribution in [-0.4, -0.2) is 31.4 Å². The Morgan fingerprint density at radius 1 is 1.27 bits per heavy atom. The summed E-state index contributed by atoms with van der Waals surface area (Å²) in [5, 5.41) is 0.421. The van der Waals surface area contributed by atoms with Crippen LogP contribution in [0.1, 0.15) is 43.6 Å². The highest BCUT2D eigenvalue weighted by molar-refractivity contribution is 9.08. The second kappa shape index (κ2) is 5.94. The maximum absolute atomic E-state index is 14.8. The van der Waals surface area contributed by atoms with E-state index >= 15 is 0 Å². The molecule has 0 unspecified atom stereocenters. The molecule has 2 rings (SSSR count). The third-order valence-corrected chi connectivity index (χ3v) is 4.91. The summed E-state index contributed by atoms with van der Waals surface area (Å²) >= 11 is 3.33. The average Bonchev–Trinajstić information content (AvgIpc) is 2.65. The smallest absolute Gasteiger partial charge is 0.465 e. The molecule has 0 saturated carbocycles. The monoisotopic (exact) mass is 372 g/mol. The molecule has 0 amide bonds. The quantitative estimate of drug-likeness (QED) is 0.465. The number of methoxy groups -OCH3 is 1. The number of hydrogen-bond acceptors (Lipinski definition) is 4. The van der Waals surface area contributed by atoms with Crippen LogP contribution >= 0.6 is 15.9 Å². The van der Waals surface area contributed by atoms with Gasteiger partial charge < -0.3 is 14.0 Å². The van der Waals surface area contributed by atoms with Gasteiger partial charge in [0.2, 0.25) is 0 Å². The lowest BCUT2D eigenvalue weighted by atomic mass is 9.75. The molecule has 1 aliphatic heterocycles. The van der Waals surface area contributed by atoms with E-state index in [-0.39, 0.29) is 11.0 Å². The van der Waals surface area contributed by atoms with Crippen LogP contribution in [0.2, 0.25) is 0 Å². The van der Waals surface area contributed by atoms with E-state index in [1.165, 1.54) is 13.2 Å². The first-order chi connectivity index (χ1) is 10.1. The van der Waals surface area contributed by atoms with Crippen molar-refractivity contribution >= 4 is 34.5 Å². The minimum atomic E-state index is -0.873. The van der Waals surface area contributed by atoms with Crippen molar-refractivity contribution in [3.8, 4) is 0 Å². The SMILES string of the molecule is COC(=O)c1ccc(CBr)c(B2OC(C)(C)C(C)(C)O2)c1F. The minimum Gasteiger partial charge on any atom is -0.465 e. The number of rotatable bonds is 3. The highest BCUT2D eigenvalue weighted by atomic mass is 79.9. The van der Waals surface area contributed by atoms with Gasteiger partial charge >= 0.3 is 13.1 Å². The van der Waals surface area contributed by atoms with E-state index in [4.69, 9.17) is 9.31 Å². The van der Waals surface area contributed by atoms with Crippen molar-refractivity contribution in [2.75, 3.05) is 7.11 Å². The summed E-state index contributed by atoms with van der Waals surface area (Å²) < 4.78 is 31.3. The molecule has 0 N–H and O–H groups in total. The van der Waals surface area contributed by atoms with Gasteiger partial charge in [0, 0.05) is 10.8 Å². The highest BCUT2D eigenvalue weighted by Crippen LogP contribution is 2.37. The van der Waals surface area contributed by atoms with Gasteiger partial charge in [-0.15, -0.1) is 0 Å². The number of benzene rings is 1. The van der Waals surface area contributed by atoms with E-state index in [1.807, 2.05) is 27.7 Å². The number of carbonyl (C=O) groups is 1. The van der Waals surface area contributed by atoms with Gasteiger partial charge in [0.05, 0.1) is 23.9 Å². The fourth-order valence-electron chi connectivity index (χ4n) is 2.23. The van der Waals surface area contributed by atoms with Crippen LogP contribution in [0, 0.1) is 5.82 Å². The Hall–Kier alpha value is -0.915. The Bertz CT molecular complexity index is 587. The predicted molar refractivity (Wildman–Crippen MR) is 86.1 cm³/mol. The summed E-state index contributed by atoms with van der Waals surface area (Å²) in [4.78, 5) is 11.7. The Balaban J connectivity index is 2.53. The predicted octanol–water partition coefficient (Wildman–Crippen LogP) is 2.81. The van der Waals surface area contributed by atoms with E-state index in [0.29, 0.717) is 10.9 Å². The zero-order chi connectivity index (χ0) is 16.7. The summed E-state index contributed by atoms with van der Waals surface area (Å²) in [6.07, 6.45) is 0. The molecule has 0 atom stereocenters. The van der Waals surface area contributed by atoms with Crippen molar-refractivity contribution in [3.05, 3.63) is 29.1 Å². The molecular formula is C15H19BBrFO4. The van der Waals surface area contributed by atoms with Gasteiger partial charge in [0.25, 0.3) is 0 Å². The first-order valence-electron chi connectivity index (χ1n) is 6.96. The molecule has 1 aromatic carbocycles. The van der Waals surface area contributed by atoms with Gasteiger partial charge in [0.1, 0.15) is 5.82 Å². The summed E-state index contributed by atoms with van der Waals surface area (Å²) in [6, 6.07) is 3.08. The standard InChI is InChI=1S/C15H19BBrFO4/c1-14(2)15(3,4)22-16(21-14)11-9(8-17)6-7-10(12(11)18)13(19)20-5/h6-7H,8H2,1-5H3. The van der Waals surface area contributed by atoms with Crippen LogP contribution < -0.4 is 5.46 Å². The molecule has 1 aliphatic rings. The van der Waals surface area contributed by atoms with E-state index in [2.05, 4.69) is 20.7 Å². The van der Waals surface area contributed by atoms with Crippen LogP contribution in [0.15, 0.2) is 12.1 Å².